The number of aromatic nitrogens is 3. The molecule has 5 rings (SSSR count). The largest absolute Gasteiger partial charge is 0.494 e. The Morgan fingerprint density at radius 2 is 2.00 bits per heavy atom. The van der Waals surface area contributed by atoms with Crippen LogP contribution in [-0.4, -0.2) is 51.7 Å². The van der Waals surface area contributed by atoms with Gasteiger partial charge in [-0.15, -0.1) is 0 Å². The molecule has 0 saturated carbocycles. The summed E-state index contributed by atoms with van der Waals surface area (Å²) < 4.78 is 21.8. The number of fused-ring (bicyclic) bond motifs is 1. The third-order valence-corrected chi connectivity index (χ3v) is 7.01. The topological polar surface area (TPSA) is 88.8 Å². The summed E-state index contributed by atoms with van der Waals surface area (Å²) in [6, 6.07) is 10.1. The lowest BCUT2D eigenvalue weighted by atomic mass is 9.98. The molecule has 0 unspecified atom stereocenters. The van der Waals surface area contributed by atoms with Crippen LogP contribution < -0.4 is 10.1 Å². The maximum absolute atomic E-state index is 14.3. The van der Waals surface area contributed by atoms with E-state index in [1.54, 1.807) is 41.7 Å². The number of benzene rings is 2. The number of methoxy groups -OCH3 is 1. The van der Waals surface area contributed by atoms with Gasteiger partial charge in [-0.25, -0.2) is 14.4 Å². The molecule has 4 aromatic rings. The number of nitrogens with zero attached hydrogens (tertiary/aromatic N) is 4. The second-order valence-corrected chi connectivity index (χ2v) is 9.40. The Kier molecular flexibility index (Phi) is 6.69. The van der Waals surface area contributed by atoms with Crippen molar-refractivity contribution < 1.29 is 18.7 Å². The molecular weight excluding hydrogens is 529 g/mol. The number of nitrogens with one attached hydrogen (secondary N) is 1. The normalized spacial score (nSPS) is 14.1. The molecule has 10 heteroatoms. The van der Waals surface area contributed by atoms with Gasteiger partial charge in [-0.05, 0) is 65.2 Å². The maximum atomic E-state index is 14.3. The number of carbonyl (C=O) groups excluding carboxylic acids is 2. The highest BCUT2D eigenvalue weighted by Gasteiger charge is 2.24. The summed E-state index contributed by atoms with van der Waals surface area (Å²) in [4.78, 5) is 34.7. The first-order chi connectivity index (χ1) is 17.5. The molecule has 1 N–H and O–H groups in total. The highest BCUT2D eigenvalue weighted by Crippen LogP contribution is 2.30. The molecule has 184 valence electrons. The average Bonchev–Trinajstić information content (AvgIpc) is 3.34. The number of rotatable bonds is 6. The van der Waals surface area contributed by atoms with E-state index < -0.39 is 5.82 Å². The summed E-state index contributed by atoms with van der Waals surface area (Å²) in [5.74, 6) is 0.202. The summed E-state index contributed by atoms with van der Waals surface area (Å²) in [7, 11) is 1.42. The van der Waals surface area contributed by atoms with Gasteiger partial charge in [0.1, 0.15) is 6.29 Å². The van der Waals surface area contributed by atoms with E-state index in [0.29, 0.717) is 58.7 Å². The fourth-order valence-corrected chi connectivity index (χ4v) is 4.91. The fraction of sp³-hybridized carbons (Fsp3) is 0.231. The van der Waals surface area contributed by atoms with Crippen molar-refractivity contribution in [3.8, 4) is 17.0 Å². The average molecular weight is 552 g/mol. The van der Waals surface area contributed by atoms with Crippen molar-refractivity contribution in [3.05, 3.63) is 70.8 Å². The third-order valence-electron chi connectivity index (χ3n) is 6.36. The minimum atomic E-state index is -0.454. The lowest BCUT2D eigenvalue weighted by Crippen LogP contribution is -2.38. The highest BCUT2D eigenvalue weighted by molar-refractivity contribution is 9.10. The van der Waals surface area contributed by atoms with E-state index in [1.807, 2.05) is 16.5 Å². The van der Waals surface area contributed by atoms with Gasteiger partial charge < -0.3 is 19.7 Å². The van der Waals surface area contributed by atoms with Crippen LogP contribution in [0.3, 0.4) is 0 Å². The number of imidazole rings is 1. The number of anilines is 2. The van der Waals surface area contributed by atoms with Crippen LogP contribution in [0.5, 0.6) is 5.75 Å². The zero-order valence-electron chi connectivity index (χ0n) is 19.4. The Morgan fingerprint density at radius 1 is 1.19 bits per heavy atom. The Balaban J connectivity index is 1.38. The minimum Gasteiger partial charge on any atom is -0.494 e. The van der Waals surface area contributed by atoms with Crippen molar-refractivity contribution in [1.29, 1.82) is 0 Å². The number of likely N-dealkylation sites (tertiary alicyclic amines) is 1. The van der Waals surface area contributed by atoms with E-state index in [-0.39, 0.29) is 17.6 Å². The lowest BCUT2D eigenvalue weighted by Gasteiger charge is -2.30. The molecule has 0 radical (unpaired) electrons. The molecule has 1 saturated heterocycles. The smallest absolute Gasteiger partial charge is 0.255 e. The van der Waals surface area contributed by atoms with Gasteiger partial charge in [0.05, 0.1) is 24.6 Å². The predicted octanol–water partition coefficient (Wildman–Crippen LogP) is 5.10. The summed E-state index contributed by atoms with van der Waals surface area (Å²) in [5, 5.41) is 3.26. The van der Waals surface area contributed by atoms with Gasteiger partial charge in [-0.2, -0.15) is 0 Å². The van der Waals surface area contributed by atoms with E-state index in [1.165, 1.54) is 13.2 Å². The molecule has 0 spiro atoms. The third kappa shape index (κ3) is 4.56. The zero-order valence-corrected chi connectivity index (χ0v) is 21.0. The second-order valence-electron chi connectivity index (χ2n) is 8.55. The Hall–Kier alpha value is -3.79. The second kappa shape index (κ2) is 10.1. The van der Waals surface area contributed by atoms with Crippen molar-refractivity contribution >= 4 is 45.3 Å². The molecule has 1 amide bonds. The van der Waals surface area contributed by atoms with E-state index in [4.69, 9.17) is 4.74 Å². The van der Waals surface area contributed by atoms with Crippen LogP contribution in [0.1, 0.15) is 23.2 Å². The van der Waals surface area contributed by atoms with Crippen LogP contribution >= 0.6 is 15.9 Å². The van der Waals surface area contributed by atoms with Crippen LogP contribution in [0.4, 0.5) is 15.9 Å². The summed E-state index contributed by atoms with van der Waals surface area (Å²) in [5.41, 5.74) is 3.20. The van der Waals surface area contributed by atoms with Gasteiger partial charge in [0.25, 0.3) is 5.91 Å². The number of carbonyl (C=O) groups is 2. The number of hydrogen-bond acceptors (Lipinski definition) is 6. The van der Waals surface area contributed by atoms with Crippen LogP contribution in [0.15, 0.2) is 59.5 Å². The first-order valence-electron chi connectivity index (χ1n) is 11.5. The fourth-order valence-electron chi connectivity index (χ4n) is 4.36. The molecule has 2 aromatic carbocycles. The molecule has 3 heterocycles. The first kappa shape index (κ1) is 23.9. The van der Waals surface area contributed by atoms with Gasteiger partial charge in [-0.1, -0.05) is 0 Å². The predicted molar refractivity (Wildman–Crippen MR) is 137 cm³/mol. The molecule has 0 atom stereocenters. The molecular formula is C26H23BrFN5O3. The number of ether oxygens (including phenoxy) is 1. The standard InChI is InChI=1S/C26H23BrFN5O3/c1-36-23-5-2-17(12-21(23)28)22-14-30-25-24(29-8-11-33(22)25)31-18-3-4-19(20(27)13-18)26(35)32-9-6-16(15-34)7-10-32/h2-5,8,11-16H,6-7,9-10H2,1H3,(H,29,31). The van der Waals surface area contributed by atoms with Crippen molar-refractivity contribution in [3.63, 3.8) is 0 Å². The first-order valence-corrected chi connectivity index (χ1v) is 12.2. The summed E-state index contributed by atoms with van der Waals surface area (Å²) in [6.07, 6.45) is 7.42. The molecule has 8 nitrogen and oxygen atoms in total. The van der Waals surface area contributed by atoms with E-state index in [9.17, 15) is 14.0 Å². The molecule has 1 fully saturated rings. The van der Waals surface area contributed by atoms with Crippen LogP contribution in [-0.2, 0) is 4.79 Å². The summed E-state index contributed by atoms with van der Waals surface area (Å²) >= 11 is 3.53. The number of aldehydes is 1. The van der Waals surface area contributed by atoms with E-state index >= 15 is 0 Å². The molecule has 2 aromatic heterocycles. The molecule has 1 aliphatic heterocycles. The molecule has 0 aliphatic carbocycles. The van der Waals surface area contributed by atoms with Crippen LogP contribution in [0.25, 0.3) is 16.9 Å². The van der Waals surface area contributed by atoms with Gasteiger partial charge in [0.2, 0.25) is 0 Å². The van der Waals surface area contributed by atoms with Crippen LogP contribution in [0.2, 0.25) is 0 Å². The van der Waals surface area contributed by atoms with Crippen LogP contribution in [0, 0.1) is 11.7 Å². The van der Waals surface area contributed by atoms with Gasteiger partial charge >= 0.3 is 0 Å². The monoisotopic (exact) mass is 551 g/mol. The van der Waals surface area contributed by atoms with Gasteiger partial charge in [0, 0.05) is 47.1 Å². The van der Waals surface area contributed by atoms with E-state index in [2.05, 4.69) is 31.2 Å². The quantitative estimate of drug-likeness (QED) is 0.335. The number of amides is 1. The molecule has 0 bridgehead atoms. The Labute approximate surface area is 215 Å². The minimum absolute atomic E-state index is 0.0335. The van der Waals surface area contributed by atoms with Crippen molar-refractivity contribution in [2.24, 2.45) is 5.92 Å². The Morgan fingerprint density at radius 3 is 2.69 bits per heavy atom. The number of halogens is 2. The number of hydrogen-bond donors (Lipinski definition) is 1. The maximum Gasteiger partial charge on any atom is 0.255 e. The van der Waals surface area contributed by atoms with Crippen molar-refractivity contribution in [2.45, 2.75) is 12.8 Å². The highest BCUT2D eigenvalue weighted by atomic mass is 79.9. The molecule has 1 aliphatic rings. The van der Waals surface area contributed by atoms with E-state index in [0.717, 1.165) is 12.0 Å². The number of piperidine rings is 1. The summed E-state index contributed by atoms with van der Waals surface area (Å²) in [6.45, 7) is 1.14. The zero-order chi connectivity index (χ0) is 25.2. The van der Waals surface area contributed by atoms with Crippen molar-refractivity contribution in [2.75, 3.05) is 25.5 Å². The van der Waals surface area contributed by atoms with Crippen molar-refractivity contribution in [1.82, 2.24) is 19.3 Å². The SMILES string of the molecule is COc1ccc(-c2cnc3c(Nc4ccc(C(=O)N5CCC(C=O)CC5)c(Br)c4)nccn23)cc1F. The Bertz CT molecular complexity index is 1450. The van der Waals surface area contributed by atoms with Gasteiger partial charge in [0.15, 0.2) is 23.0 Å². The lowest BCUT2D eigenvalue weighted by molar-refractivity contribution is -0.112. The molecule has 36 heavy (non-hydrogen) atoms. The van der Waals surface area contributed by atoms with Gasteiger partial charge in [-0.3, -0.25) is 9.20 Å².